The number of nitrogens with one attached hydrogen (secondary N) is 1. The van der Waals surface area contributed by atoms with Crippen LogP contribution in [-0.2, 0) is 0 Å². The van der Waals surface area contributed by atoms with Crippen LogP contribution in [0.25, 0.3) is 0 Å². The van der Waals surface area contributed by atoms with Crippen LogP contribution < -0.4 is 5.32 Å². The molecule has 0 amide bonds. The Balaban J connectivity index is 3.95. The molecule has 0 saturated heterocycles. The molecule has 1 unspecified atom stereocenters. The van der Waals surface area contributed by atoms with Gasteiger partial charge in [-0.15, -0.1) is 0 Å². The topological polar surface area (TPSA) is 12.0 Å². The predicted octanol–water partition coefficient (Wildman–Crippen LogP) is 3.45. The standard InChI is InChI=1S/C12H27N/c1-7-8-13-11(10(2)3)9-12(4,5)6/h10-11,13H,7-9H2,1-6H3. The van der Waals surface area contributed by atoms with Gasteiger partial charge in [0.05, 0.1) is 0 Å². The molecule has 0 aromatic rings. The van der Waals surface area contributed by atoms with Crippen molar-refractivity contribution in [2.24, 2.45) is 11.3 Å². The van der Waals surface area contributed by atoms with E-state index in [0.717, 1.165) is 12.5 Å². The minimum atomic E-state index is 0.440. The second-order valence-electron chi connectivity index (χ2n) is 5.57. The molecule has 0 aromatic heterocycles. The fourth-order valence-corrected chi connectivity index (χ4v) is 1.53. The molecule has 0 saturated carbocycles. The van der Waals surface area contributed by atoms with Gasteiger partial charge in [0, 0.05) is 6.04 Å². The molecule has 1 atom stereocenters. The summed E-state index contributed by atoms with van der Waals surface area (Å²) in [7, 11) is 0. The number of hydrogen-bond acceptors (Lipinski definition) is 1. The summed E-state index contributed by atoms with van der Waals surface area (Å²) in [4.78, 5) is 0. The smallest absolute Gasteiger partial charge is 0.00950 e. The van der Waals surface area contributed by atoms with Gasteiger partial charge >= 0.3 is 0 Å². The zero-order valence-electron chi connectivity index (χ0n) is 10.3. The van der Waals surface area contributed by atoms with E-state index in [1.54, 1.807) is 0 Å². The third kappa shape index (κ3) is 7.06. The number of rotatable bonds is 5. The molecule has 13 heavy (non-hydrogen) atoms. The van der Waals surface area contributed by atoms with Crippen LogP contribution in [0.1, 0.15) is 54.4 Å². The lowest BCUT2D eigenvalue weighted by Crippen LogP contribution is -2.37. The molecule has 0 fully saturated rings. The van der Waals surface area contributed by atoms with E-state index < -0.39 is 0 Å². The van der Waals surface area contributed by atoms with E-state index in [4.69, 9.17) is 0 Å². The Morgan fingerprint density at radius 3 is 2.00 bits per heavy atom. The molecule has 0 aliphatic heterocycles. The molecule has 0 aliphatic rings. The van der Waals surface area contributed by atoms with Crippen LogP contribution in [0.15, 0.2) is 0 Å². The molecule has 0 aliphatic carbocycles. The van der Waals surface area contributed by atoms with Gasteiger partial charge in [-0.05, 0) is 30.7 Å². The van der Waals surface area contributed by atoms with Crippen molar-refractivity contribution < 1.29 is 0 Å². The molecule has 0 aromatic carbocycles. The van der Waals surface area contributed by atoms with Gasteiger partial charge in [-0.25, -0.2) is 0 Å². The first-order valence-electron chi connectivity index (χ1n) is 5.60. The quantitative estimate of drug-likeness (QED) is 0.692. The highest BCUT2D eigenvalue weighted by Gasteiger charge is 2.20. The van der Waals surface area contributed by atoms with Gasteiger partial charge in [0.1, 0.15) is 0 Å². The fourth-order valence-electron chi connectivity index (χ4n) is 1.53. The third-order valence-corrected chi connectivity index (χ3v) is 2.29. The zero-order chi connectivity index (χ0) is 10.5. The molecule has 0 bridgehead atoms. The normalized spacial score (nSPS) is 15.0. The van der Waals surface area contributed by atoms with Crippen LogP contribution in [0.4, 0.5) is 0 Å². The summed E-state index contributed by atoms with van der Waals surface area (Å²) in [5, 5.41) is 3.63. The maximum atomic E-state index is 3.63. The van der Waals surface area contributed by atoms with Crippen molar-refractivity contribution in [3.63, 3.8) is 0 Å². The Morgan fingerprint density at radius 2 is 1.69 bits per heavy atom. The zero-order valence-corrected chi connectivity index (χ0v) is 10.3. The van der Waals surface area contributed by atoms with Crippen LogP contribution in [0.2, 0.25) is 0 Å². The van der Waals surface area contributed by atoms with E-state index >= 15 is 0 Å². The van der Waals surface area contributed by atoms with Crippen LogP contribution in [-0.4, -0.2) is 12.6 Å². The van der Waals surface area contributed by atoms with E-state index in [0.29, 0.717) is 11.5 Å². The van der Waals surface area contributed by atoms with Crippen LogP contribution in [0.3, 0.4) is 0 Å². The molecule has 0 heterocycles. The van der Waals surface area contributed by atoms with Crippen molar-refractivity contribution >= 4 is 0 Å². The molecule has 1 heteroatoms. The van der Waals surface area contributed by atoms with Gasteiger partial charge in [-0.3, -0.25) is 0 Å². The molecule has 1 N–H and O–H groups in total. The molecular weight excluding hydrogens is 158 g/mol. The highest BCUT2D eigenvalue weighted by atomic mass is 14.9. The van der Waals surface area contributed by atoms with Gasteiger partial charge < -0.3 is 5.32 Å². The van der Waals surface area contributed by atoms with Gasteiger partial charge in [0.2, 0.25) is 0 Å². The average Bonchev–Trinajstić information content (AvgIpc) is 1.95. The first-order chi connectivity index (χ1) is 5.87. The van der Waals surface area contributed by atoms with Gasteiger partial charge in [-0.1, -0.05) is 41.5 Å². The van der Waals surface area contributed by atoms with E-state index in [1.165, 1.54) is 12.8 Å². The Hall–Kier alpha value is -0.0400. The molecular formula is C12H27N. The predicted molar refractivity (Wildman–Crippen MR) is 61.0 cm³/mol. The Morgan fingerprint density at radius 1 is 1.15 bits per heavy atom. The molecule has 0 rings (SSSR count). The summed E-state index contributed by atoms with van der Waals surface area (Å²) < 4.78 is 0. The third-order valence-electron chi connectivity index (χ3n) is 2.29. The Kier molecular flexibility index (Phi) is 5.62. The second-order valence-corrected chi connectivity index (χ2v) is 5.57. The second kappa shape index (κ2) is 5.64. The Bertz CT molecular complexity index is 122. The van der Waals surface area contributed by atoms with Gasteiger partial charge in [-0.2, -0.15) is 0 Å². The molecule has 80 valence electrons. The highest BCUT2D eigenvalue weighted by molar-refractivity contribution is 4.76. The van der Waals surface area contributed by atoms with E-state index in [2.05, 4.69) is 46.9 Å². The lowest BCUT2D eigenvalue weighted by atomic mass is 9.84. The van der Waals surface area contributed by atoms with E-state index in [1.807, 2.05) is 0 Å². The van der Waals surface area contributed by atoms with Crippen LogP contribution in [0, 0.1) is 11.3 Å². The maximum absolute atomic E-state index is 3.63. The van der Waals surface area contributed by atoms with Crippen molar-refractivity contribution in [2.75, 3.05) is 6.54 Å². The summed E-state index contributed by atoms with van der Waals surface area (Å²) in [6.45, 7) is 14.9. The van der Waals surface area contributed by atoms with E-state index in [-0.39, 0.29) is 0 Å². The van der Waals surface area contributed by atoms with E-state index in [9.17, 15) is 0 Å². The highest BCUT2D eigenvalue weighted by Crippen LogP contribution is 2.23. The lowest BCUT2D eigenvalue weighted by molar-refractivity contribution is 0.265. The minimum absolute atomic E-state index is 0.440. The molecule has 1 nitrogen and oxygen atoms in total. The first-order valence-corrected chi connectivity index (χ1v) is 5.60. The van der Waals surface area contributed by atoms with Crippen molar-refractivity contribution in [3.8, 4) is 0 Å². The fraction of sp³-hybridized carbons (Fsp3) is 1.00. The van der Waals surface area contributed by atoms with Crippen molar-refractivity contribution in [1.82, 2.24) is 5.32 Å². The summed E-state index contributed by atoms with van der Waals surface area (Å²) in [5.74, 6) is 0.741. The summed E-state index contributed by atoms with van der Waals surface area (Å²) in [6, 6.07) is 0.681. The largest absolute Gasteiger partial charge is 0.314 e. The summed E-state index contributed by atoms with van der Waals surface area (Å²) >= 11 is 0. The summed E-state index contributed by atoms with van der Waals surface area (Å²) in [5.41, 5.74) is 0.440. The number of hydrogen-bond donors (Lipinski definition) is 1. The lowest BCUT2D eigenvalue weighted by Gasteiger charge is -2.29. The van der Waals surface area contributed by atoms with Crippen molar-refractivity contribution in [1.29, 1.82) is 0 Å². The Labute approximate surface area is 84.3 Å². The van der Waals surface area contributed by atoms with Crippen molar-refractivity contribution in [2.45, 2.75) is 60.4 Å². The van der Waals surface area contributed by atoms with Gasteiger partial charge in [0.25, 0.3) is 0 Å². The monoisotopic (exact) mass is 185 g/mol. The van der Waals surface area contributed by atoms with Crippen molar-refractivity contribution in [3.05, 3.63) is 0 Å². The molecule has 0 radical (unpaired) electrons. The average molecular weight is 185 g/mol. The molecule has 0 spiro atoms. The maximum Gasteiger partial charge on any atom is 0.00950 e. The van der Waals surface area contributed by atoms with Crippen LogP contribution in [0.5, 0.6) is 0 Å². The minimum Gasteiger partial charge on any atom is -0.314 e. The van der Waals surface area contributed by atoms with Crippen LogP contribution >= 0.6 is 0 Å². The SMILES string of the molecule is CCCNC(CC(C)(C)C)C(C)C. The van der Waals surface area contributed by atoms with Gasteiger partial charge in [0.15, 0.2) is 0 Å². The first kappa shape index (κ1) is 13.0. The summed E-state index contributed by atoms with van der Waals surface area (Å²) in [6.07, 6.45) is 2.50.